The molecule has 0 saturated heterocycles. The van der Waals surface area contributed by atoms with Crippen molar-refractivity contribution in [2.24, 2.45) is 0 Å². The molecule has 0 spiro atoms. The quantitative estimate of drug-likeness (QED) is 0.532. The zero-order valence-corrected chi connectivity index (χ0v) is 17.7. The summed E-state index contributed by atoms with van der Waals surface area (Å²) in [5.74, 6) is 1.08. The lowest BCUT2D eigenvalue weighted by Gasteiger charge is -2.30. The molecule has 0 atom stereocenters. The first-order valence-electron chi connectivity index (χ1n) is 9.49. The molecular formula is C23H28O2S2. The zero-order chi connectivity index (χ0) is 19.1. The summed E-state index contributed by atoms with van der Waals surface area (Å²) in [5, 5.41) is 11.7. The maximum Gasteiger partial charge on any atom is 0.115 e. The third-order valence-corrected chi connectivity index (χ3v) is 6.59. The number of aliphatic hydroxyl groups is 1. The molecule has 27 heavy (non-hydrogen) atoms. The van der Waals surface area contributed by atoms with E-state index in [-0.39, 0.29) is 0 Å². The van der Waals surface area contributed by atoms with E-state index in [2.05, 4.69) is 67.1 Å². The third-order valence-electron chi connectivity index (χ3n) is 5.10. The van der Waals surface area contributed by atoms with Gasteiger partial charge in [0.25, 0.3) is 0 Å². The molecule has 2 aromatic carbocycles. The van der Waals surface area contributed by atoms with Gasteiger partial charge in [-0.25, -0.2) is 0 Å². The van der Waals surface area contributed by atoms with E-state index in [1.165, 1.54) is 9.79 Å². The van der Waals surface area contributed by atoms with Crippen LogP contribution in [0.2, 0.25) is 0 Å². The van der Waals surface area contributed by atoms with Gasteiger partial charge in [-0.3, -0.25) is 0 Å². The topological polar surface area (TPSA) is 29.5 Å². The molecule has 2 nitrogen and oxygen atoms in total. The average molecular weight is 401 g/mol. The van der Waals surface area contributed by atoms with E-state index >= 15 is 0 Å². The Labute approximate surface area is 171 Å². The maximum absolute atomic E-state index is 11.7. The fraction of sp³-hybridized carbons (Fsp3) is 0.391. The normalized spacial score (nSPS) is 14.6. The highest BCUT2D eigenvalue weighted by molar-refractivity contribution is 7.98. The standard InChI is InChI=1S/C23H28O2S2/c1-26-21-12-8-18(9-13-21)23(24,19-10-14-22(27-2)15-11-19)16-5-7-20-6-3-4-17-25-20/h6,8-15,24H,3-5,7,16-17H2,1-2H3. The Morgan fingerprint density at radius 3 is 1.93 bits per heavy atom. The van der Waals surface area contributed by atoms with Crippen molar-refractivity contribution in [1.82, 2.24) is 0 Å². The predicted octanol–water partition coefficient (Wildman–Crippen LogP) is 6.23. The number of hydrogen-bond donors (Lipinski definition) is 1. The summed E-state index contributed by atoms with van der Waals surface area (Å²) in [4.78, 5) is 2.42. The number of allylic oxidation sites excluding steroid dienone is 2. The molecule has 0 radical (unpaired) electrons. The number of thioether (sulfide) groups is 2. The van der Waals surface area contributed by atoms with Crippen LogP contribution in [-0.2, 0) is 10.3 Å². The zero-order valence-electron chi connectivity index (χ0n) is 16.1. The number of benzene rings is 2. The van der Waals surface area contributed by atoms with Gasteiger partial charge in [-0.1, -0.05) is 24.3 Å². The minimum absolute atomic E-state index is 0.672. The van der Waals surface area contributed by atoms with E-state index < -0.39 is 5.60 Å². The number of rotatable bonds is 8. The minimum Gasteiger partial charge on any atom is -0.498 e. The summed E-state index contributed by atoms with van der Waals surface area (Å²) in [6, 6.07) is 16.6. The van der Waals surface area contributed by atoms with Crippen LogP contribution >= 0.6 is 23.5 Å². The molecule has 4 heteroatoms. The Morgan fingerprint density at radius 2 is 1.48 bits per heavy atom. The Kier molecular flexibility index (Phi) is 7.33. The second-order valence-electron chi connectivity index (χ2n) is 6.83. The summed E-state index contributed by atoms with van der Waals surface area (Å²) in [5.41, 5.74) is 0.926. The monoisotopic (exact) mass is 400 g/mol. The molecule has 1 aliphatic heterocycles. The lowest BCUT2D eigenvalue weighted by atomic mass is 9.82. The fourth-order valence-corrected chi connectivity index (χ4v) is 4.31. The molecule has 1 aliphatic rings. The van der Waals surface area contributed by atoms with Crippen LogP contribution in [-0.4, -0.2) is 24.2 Å². The van der Waals surface area contributed by atoms with Crippen molar-refractivity contribution in [3.05, 3.63) is 71.5 Å². The molecule has 0 bridgehead atoms. The van der Waals surface area contributed by atoms with E-state index in [4.69, 9.17) is 4.74 Å². The molecule has 3 rings (SSSR count). The van der Waals surface area contributed by atoms with Crippen LogP contribution in [0.15, 0.2) is 70.2 Å². The molecule has 1 heterocycles. The lowest BCUT2D eigenvalue weighted by Crippen LogP contribution is -2.27. The predicted molar refractivity (Wildman–Crippen MR) is 117 cm³/mol. The molecule has 0 aromatic heterocycles. The van der Waals surface area contributed by atoms with Crippen molar-refractivity contribution < 1.29 is 9.84 Å². The van der Waals surface area contributed by atoms with E-state index in [9.17, 15) is 5.11 Å². The van der Waals surface area contributed by atoms with Gasteiger partial charge in [0.1, 0.15) is 5.60 Å². The van der Waals surface area contributed by atoms with Crippen molar-refractivity contribution in [1.29, 1.82) is 0 Å². The van der Waals surface area contributed by atoms with Crippen LogP contribution in [0, 0.1) is 0 Å². The molecule has 0 unspecified atom stereocenters. The Balaban J connectivity index is 1.83. The van der Waals surface area contributed by atoms with Crippen molar-refractivity contribution in [2.45, 2.75) is 47.5 Å². The van der Waals surface area contributed by atoms with Gasteiger partial charge < -0.3 is 9.84 Å². The summed E-state index contributed by atoms with van der Waals surface area (Å²) >= 11 is 3.43. The fourth-order valence-electron chi connectivity index (χ4n) is 3.49. The first kappa shape index (κ1) is 20.4. The second kappa shape index (κ2) is 9.72. The van der Waals surface area contributed by atoms with Crippen LogP contribution in [0.3, 0.4) is 0 Å². The molecule has 144 valence electrons. The molecule has 0 saturated carbocycles. The Hall–Kier alpha value is -1.36. The summed E-state index contributed by atoms with van der Waals surface area (Å²) in [6.45, 7) is 0.822. The SMILES string of the molecule is CSc1ccc(C(O)(CCCC2=CCCCO2)c2ccc(SC)cc2)cc1. The summed E-state index contributed by atoms with van der Waals surface area (Å²) in [7, 11) is 0. The van der Waals surface area contributed by atoms with Gasteiger partial charge >= 0.3 is 0 Å². The van der Waals surface area contributed by atoms with Crippen molar-refractivity contribution in [3.63, 3.8) is 0 Å². The summed E-state index contributed by atoms with van der Waals surface area (Å²) in [6.07, 6.45) is 11.0. The average Bonchev–Trinajstić information content (AvgIpc) is 2.74. The second-order valence-corrected chi connectivity index (χ2v) is 8.59. The Bertz CT molecular complexity index is 703. The van der Waals surface area contributed by atoms with Gasteiger partial charge in [-0.15, -0.1) is 23.5 Å². The molecule has 0 aliphatic carbocycles. The van der Waals surface area contributed by atoms with Gasteiger partial charge in [-0.2, -0.15) is 0 Å². The third kappa shape index (κ3) is 5.13. The first-order valence-corrected chi connectivity index (χ1v) is 11.9. The van der Waals surface area contributed by atoms with Crippen LogP contribution < -0.4 is 0 Å². The van der Waals surface area contributed by atoms with Crippen LogP contribution in [0.5, 0.6) is 0 Å². The molecular weight excluding hydrogens is 372 g/mol. The first-order chi connectivity index (χ1) is 13.2. The van der Waals surface area contributed by atoms with Crippen molar-refractivity contribution >= 4 is 23.5 Å². The Morgan fingerprint density at radius 1 is 0.926 bits per heavy atom. The van der Waals surface area contributed by atoms with Gasteiger partial charge in [-0.05, 0) is 79.7 Å². The maximum atomic E-state index is 11.7. The molecule has 0 fully saturated rings. The molecule has 2 aromatic rings. The molecule has 0 amide bonds. The van der Waals surface area contributed by atoms with Crippen molar-refractivity contribution in [2.75, 3.05) is 19.1 Å². The van der Waals surface area contributed by atoms with Crippen LogP contribution in [0.25, 0.3) is 0 Å². The minimum atomic E-state index is -0.983. The highest BCUT2D eigenvalue weighted by Crippen LogP contribution is 2.37. The van der Waals surface area contributed by atoms with Gasteiger partial charge in [0.15, 0.2) is 0 Å². The van der Waals surface area contributed by atoms with Crippen molar-refractivity contribution in [3.8, 4) is 0 Å². The van der Waals surface area contributed by atoms with E-state index in [0.29, 0.717) is 6.42 Å². The van der Waals surface area contributed by atoms with Crippen LogP contribution in [0.1, 0.15) is 43.2 Å². The summed E-state index contributed by atoms with van der Waals surface area (Å²) < 4.78 is 5.74. The largest absolute Gasteiger partial charge is 0.498 e. The lowest BCUT2D eigenvalue weighted by molar-refractivity contribution is 0.0665. The number of ether oxygens (including phenoxy) is 1. The van der Waals surface area contributed by atoms with Gasteiger partial charge in [0.05, 0.1) is 12.4 Å². The highest BCUT2D eigenvalue weighted by Gasteiger charge is 2.31. The highest BCUT2D eigenvalue weighted by atomic mass is 32.2. The van der Waals surface area contributed by atoms with Crippen LogP contribution in [0.4, 0.5) is 0 Å². The van der Waals surface area contributed by atoms with E-state index in [1.807, 2.05) is 0 Å². The van der Waals surface area contributed by atoms with E-state index in [1.54, 1.807) is 23.5 Å². The smallest absolute Gasteiger partial charge is 0.115 e. The molecule has 1 N–H and O–H groups in total. The van der Waals surface area contributed by atoms with Gasteiger partial charge in [0.2, 0.25) is 0 Å². The van der Waals surface area contributed by atoms with E-state index in [0.717, 1.165) is 49.2 Å². The van der Waals surface area contributed by atoms with Gasteiger partial charge in [0, 0.05) is 16.2 Å². The number of hydrogen-bond acceptors (Lipinski definition) is 4.